The number of nitrogens with one attached hydrogen (secondary N) is 1. The molecule has 1 N–H and O–H groups in total. The molecule has 0 unspecified atom stereocenters. The maximum absolute atomic E-state index is 11.5. The number of amides is 1. The van der Waals surface area contributed by atoms with Gasteiger partial charge in [0.25, 0.3) is 0 Å². The lowest BCUT2D eigenvalue weighted by Gasteiger charge is -2.23. The largest absolute Gasteiger partial charge is 0.381 e. The zero-order valence-corrected chi connectivity index (χ0v) is 9.21. The smallest absolute Gasteiger partial charge is 0.220 e. The Morgan fingerprint density at radius 3 is 2.64 bits per heavy atom. The van der Waals surface area contributed by atoms with Crippen molar-refractivity contribution in [1.82, 2.24) is 5.32 Å². The highest BCUT2D eigenvalue weighted by molar-refractivity contribution is 5.76. The summed E-state index contributed by atoms with van der Waals surface area (Å²) in [4.78, 5) is 11.5. The lowest BCUT2D eigenvalue weighted by molar-refractivity contribution is -0.122. The molecule has 3 heteroatoms. The van der Waals surface area contributed by atoms with Crippen molar-refractivity contribution in [2.45, 2.75) is 45.6 Å². The summed E-state index contributed by atoms with van der Waals surface area (Å²) in [5.41, 5.74) is 0. The van der Waals surface area contributed by atoms with Gasteiger partial charge in [0.2, 0.25) is 5.91 Å². The van der Waals surface area contributed by atoms with Crippen LogP contribution in [0.25, 0.3) is 0 Å². The highest BCUT2D eigenvalue weighted by Gasteiger charge is 2.15. The molecule has 1 rings (SSSR count). The van der Waals surface area contributed by atoms with Crippen LogP contribution in [0.15, 0.2) is 0 Å². The summed E-state index contributed by atoms with van der Waals surface area (Å²) in [6.07, 6.45) is 3.57. The Hall–Kier alpha value is -0.570. The van der Waals surface area contributed by atoms with Gasteiger partial charge in [-0.2, -0.15) is 0 Å². The zero-order chi connectivity index (χ0) is 10.4. The van der Waals surface area contributed by atoms with Gasteiger partial charge in [0.05, 0.1) is 0 Å². The number of carbonyl (C=O) groups excluding carboxylic acids is 1. The standard InChI is InChI=1S/C11H21NO2/c1-9(2)3-4-11(13)12-10-5-7-14-8-6-10/h9-10H,3-8H2,1-2H3,(H,12,13). The molecule has 1 amide bonds. The van der Waals surface area contributed by atoms with Crippen LogP contribution in [-0.4, -0.2) is 25.2 Å². The van der Waals surface area contributed by atoms with Crippen molar-refractivity contribution in [3.05, 3.63) is 0 Å². The average Bonchev–Trinajstić information content (AvgIpc) is 2.16. The molecule has 0 aromatic heterocycles. The van der Waals surface area contributed by atoms with Crippen LogP contribution in [0.5, 0.6) is 0 Å². The van der Waals surface area contributed by atoms with Gasteiger partial charge in [-0.05, 0) is 25.2 Å². The fraction of sp³-hybridized carbons (Fsp3) is 0.909. The molecule has 0 aromatic rings. The van der Waals surface area contributed by atoms with Crippen molar-refractivity contribution in [3.63, 3.8) is 0 Å². The zero-order valence-electron chi connectivity index (χ0n) is 9.21. The van der Waals surface area contributed by atoms with Gasteiger partial charge in [0.1, 0.15) is 0 Å². The Bertz CT molecular complexity index is 174. The first-order valence-corrected chi connectivity index (χ1v) is 5.55. The van der Waals surface area contributed by atoms with Crippen LogP contribution in [-0.2, 0) is 9.53 Å². The molecule has 0 aromatic carbocycles. The third-order valence-electron chi connectivity index (χ3n) is 2.54. The number of hydrogen-bond donors (Lipinski definition) is 1. The van der Waals surface area contributed by atoms with Gasteiger partial charge in [-0.3, -0.25) is 4.79 Å². The molecule has 0 bridgehead atoms. The molecule has 0 radical (unpaired) electrons. The Morgan fingerprint density at radius 2 is 2.07 bits per heavy atom. The quantitative estimate of drug-likeness (QED) is 0.748. The molecule has 14 heavy (non-hydrogen) atoms. The first kappa shape index (κ1) is 11.5. The summed E-state index contributed by atoms with van der Waals surface area (Å²) in [5.74, 6) is 0.807. The second-order valence-electron chi connectivity index (χ2n) is 4.39. The topological polar surface area (TPSA) is 38.3 Å². The Balaban J connectivity index is 2.12. The summed E-state index contributed by atoms with van der Waals surface area (Å²) in [6, 6.07) is 0.350. The fourth-order valence-electron chi connectivity index (χ4n) is 1.56. The number of carbonyl (C=O) groups is 1. The van der Waals surface area contributed by atoms with E-state index >= 15 is 0 Å². The van der Waals surface area contributed by atoms with Crippen LogP contribution >= 0.6 is 0 Å². The number of ether oxygens (including phenoxy) is 1. The van der Waals surface area contributed by atoms with Crippen molar-refractivity contribution in [1.29, 1.82) is 0 Å². The van der Waals surface area contributed by atoms with Crippen molar-refractivity contribution in [2.75, 3.05) is 13.2 Å². The van der Waals surface area contributed by atoms with Crippen LogP contribution < -0.4 is 5.32 Å². The minimum atomic E-state index is 0.200. The van der Waals surface area contributed by atoms with E-state index in [2.05, 4.69) is 19.2 Å². The van der Waals surface area contributed by atoms with E-state index in [-0.39, 0.29) is 5.91 Å². The van der Waals surface area contributed by atoms with E-state index in [1.807, 2.05) is 0 Å². The van der Waals surface area contributed by atoms with Crippen molar-refractivity contribution in [3.8, 4) is 0 Å². The molecule has 0 aliphatic carbocycles. The predicted molar refractivity (Wildman–Crippen MR) is 56.1 cm³/mol. The molecule has 0 spiro atoms. The normalized spacial score (nSPS) is 18.5. The Kier molecular flexibility index (Phi) is 4.94. The summed E-state index contributed by atoms with van der Waals surface area (Å²) < 4.78 is 5.23. The summed E-state index contributed by atoms with van der Waals surface area (Å²) >= 11 is 0. The summed E-state index contributed by atoms with van der Waals surface area (Å²) in [5, 5.41) is 3.06. The van der Waals surface area contributed by atoms with E-state index in [1.54, 1.807) is 0 Å². The molecule has 0 saturated carbocycles. The van der Waals surface area contributed by atoms with Gasteiger partial charge in [-0.25, -0.2) is 0 Å². The minimum Gasteiger partial charge on any atom is -0.381 e. The maximum Gasteiger partial charge on any atom is 0.220 e. The molecule has 3 nitrogen and oxygen atoms in total. The fourth-order valence-corrected chi connectivity index (χ4v) is 1.56. The van der Waals surface area contributed by atoms with E-state index in [1.165, 1.54) is 0 Å². The van der Waals surface area contributed by atoms with E-state index in [4.69, 9.17) is 4.74 Å². The van der Waals surface area contributed by atoms with Crippen LogP contribution in [0.2, 0.25) is 0 Å². The van der Waals surface area contributed by atoms with Gasteiger partial charge in [0.15, 0.2) is 0 Å². The highest BCUT2D eigenvalue weighted by Crippen LogP contribution is 2.08. The van der Waals surface area contributed by atoms with Crippen LogP contribution in [0.3, 0.4) is 0 Å². The SMILES string of the molecule is CC(C)CCC(=O)NC1CCOCC1. The molecule has 1 saturated heterocycles. The van der Waals surface area contributed by atoms with E-state index in [0.29, 0.717) is 18.4 Å². The van der Waals surface area contributed by atoms with Crippen molar-refractivity contribution >= 4 is 5.91 Å². The molecule has 1 fully saturated rings. The molecule has 0 atom stereocenters. The Morgan fingerprint density at radius 1 is 1.43 bits per heavy atom. The second kappa shape index (κ2) is 6.02. The molecule has 1 aliphatic heterocycles. The van der Waals surface area contributed by atoms with Crippen molar-refractivity contribution < 1.29 is 9.53 Å². The number of rotatable bonds is 4. The van der Waals surface area contributed by atoms with Crippen LogP contribution in [0, 0.1) is 5.92 Å². The lowest BCUT2D eigenvalue weighted by atomic mass is 10.1. The van der Waals surface area contributed by atoms with Gasteiger partial charge in [-0.1, -0.05) is 13.8 Å². The molecule has 1 aliphatic rings. The molecular formula is C11H21NO2. The van der Waals surface area contributed by atoms with Crippen LogP contribution in [0.1, 0.15) is 39.5 Å². The summed E-state index contributed by atoms with van der Waals surface area (Å²) in [7, 11) is 0. The Labute approximate surface area is 86.2 Å². The predicted octanol–water partition coefficient (Wildman–Crippen LogP) is 1.72. The van der Waals surface area contributed by atoms with Crippen LogP contribution in [0.4, 0.5) is 0 Å². The van der Waals surface area contributed by atoms with Crippen molar-refractivity contribution in [2.24, 2.45) is 5.92 Å². The van der Waals surface area contributed by atoms with Gasteiger partial charge in [0, 0.05) is 25.7 Å². The lowest BCUT2D eigenvalue weighted by Crippen LogP contribution is -2.38. The van der Waals surface area contributed by atoms with Gasteiger partial charge in [-0.15, -0.1) is 0 Å². The second-order valence-corrected chi connectivity index (χ2v) is 4.39. The average molecular weight is 199 g/mol. The molecular weight excluding hydrogens is 178 g/mol. The van der Waals surface area contributed by atoms with Gasteiger partial charge < -0.3 is 10.1 Å². The summed E-state index contributed by atoms with van der Waals surface area (Å²) in [6.45, 7) is 5.85. The monoisotopic (exact) mass is 199 g/mol. The van der Waals surface area contributed by atoms with E-state index in [9.17, 15) is 4.79 Å². The maximum atomic E-state index is 11.5. The van der Waals surface area contributed by atoms with E-state index in [0.717, 1.165) is 32.5 Å². The highest BCUT2D eigenvalue weighted by atomic mass is 16.5. The molecule has 1 heterocycles. The molecule has 82 valence electrons. The van der Waals surface area contributed by atoms with E-state index < -0.39 is 0 Å². The minimum absolute atomic E-state index is 0.200. The third kappa shape index (κ3) is 4.61. The first-order valence-electron chi connectivity index (χ1n) is 5.55. The first-order chi connectivity index (χ1) is 6.68. The third-order valence-corrected chi connectivity index (χ3v) is 2.54. The van der Waals surface area contributed by atoms with Gasteiger partial charge >= 0.3 is 0 Å². The number of hydrogen-bond acceptors (Lipinski definition) is 2.